The van der Waals surface area contributed by atoms with E-state index in [2.05, 4.69) is 16.0 Å². The zero-order valence-electron chi connectivity index (χ0n) is 35.6. The summed E-state index contributed by atoms with van der Waals surface area (Å²) in [5.74, 6) is -2.03. The molecular weight excluding hydrogens is 706 g/mol. The Morgan fingerprint density at radius 1 is 0.873 bits per heavy atom. The first-order valence-electron chi connectivity index (χ1n) is 19.5. The molecule has 1 saturated heterocycles. The van der Waals surface area contributed by atoms with Crippen LogP contribution in [0.5, 0.6) is 5.75 Å². The van der Waals surface area contributed by atoms with Gasteiger partial charge in [0.15, 0.2) is 5.78 Å². The molecule has 1 heterocycles. The monoisotopic (exact) mass is 776 g/mol. The predicted octanol–water partition coefficient (Wildman–Crippen LogP) is 3.31. The van der Waals surface area contributed by atoms with Gasteiger partial charge in [-0.25, -0.2) is 0 Å². The number of methoxy groups -OCH3 is 4. The van der Waals surface area contributed by atoms with Crippen LogP contribution in [0.25, 0.3) is 0 Å². The van der Waals surface area contributed by atoms with Crippen LogP contribution in [0.3, 0.4) is 0 Å². The Labute approximate surface area is 329 Å². The molecule has 1 fully saturated rings. The minimum atomic E-state index is -0.847. The van der Waals surface area contributed by atoms with Crippen molar-refractivity contribution in [2.45, 2.75) is 123 Å². The van der Waals surface area contributed by atoms with E-state index in [9.17, 15) is 24.0 Å². The van der Waals surface area contributed by atoms with E-state index in [1.54, 1.807) is 69.1 Å². The number of nitrogens with zero attached hydrogens (tertiary/aromatic N) is 2. The number of hydrogen-bond acceptors (Lipinski definition) is 10. The molecule has 3 N–H and O–H groups in total. The van der Waals surface area contributed by atoms with Gasteiger partial charge in [-0.05, 0) is 50.3 Å². The number of para-hydroxylation sites is 1. The number of hydrogen-bond donors (Lipinski definition) is 3. The molecule has 1 aromatic carbocycles. The summed E-state index contributed by atoms with van der Waals surface area (Å²) in [6, 6.07) is 3.71. The summed E-state index contributed by atoms with van der Waals surface area (Å²) >= 11 is 0. The number of carbonyl (C=O) groups excluding carboxylic acids is 5. The van der Waals surface area contributed by atoms with Gasteiger partial charge in [-0.3, -0.25) is 24.0 Å². The fraction of sp³-hybridized carbons (Fsp3) is 0.732. The number of ether oxygens (including phenoxy) is 4. The molecule has 0 bridgehead atoms. The lowest BCUT2D eigenvalue weighted by Gasteiger charge is -2.41. The van der Waals surface area contributed by atoms with E-state index in [-0.39, 0.29) is 60.3 Å². The summed E-state index contributed by atoms with van der Waals surface area (Å²) in [7, 11) is 9.53. The van der Waals surface area contributed by atoms with Crippen molar-refractivity contribution in [1.82, 2.24) is 25.8 Å². The highest BCUT2D eigenvalue weighted by atomic mass is 16.5. The van der Waals surface area contributed by atoms with Crippen molar-refractivity contribution in [3.8, 4) is 5.75 Å². The lowest BCUT2D eigenvalue weighted by Crippen LogP contribution is -2.59. The number of Topliss-reactive ketones (excluding diaryl/α,β-unsaturated/α-hetero) is 1. The summed E-state index contributed by atoms with van der Waals surface area (Å²) < 4.78 is 23.0. The Hall–Kier alpha value is -3.59. The number of likely N-dealkylation sites (tertiary alicyclic amines) is 1. The second-order valence-electron chi connectivity index (χ2n) is 15.5. The van der Waals surface area contributed by atoms with Crippen LogP contribution in [-0.2, 0) is 33.4 Å². The fourth-order valence-corrected chi connectivity index (χ4v) is 7.69. The van der Waals surface area contributed by atoms with Crippen LogP contribution >= 0.6 is 0 Å². The van der Waals surface area contributed by atoms with E-state index in [1.165, 1.54) is 21.3 Å². The third-order valence-electron chi connectivity index (χ3n) is 11.2. The van der Waals surface area contributed by atoms with Crippen LogP contribution in [0.1, 0.15) is 85.0 Å². The smallest absolute Gasteiger partial charge is 0.245 e. The van der Waals surface area contributed by atoms with Crippen molar-refractivity contribution in [3.05, 3.63) is 29.8 Å². The Balaban J connectivity index is 2.34. The topological polar surface area (TPSA) is 165 Å². The van der Waals surface area contributed by atoms with Crippen molar-refractivity contribution in [2.24, 2.45) is 23.7 Å². The minimum absolute atomic E-state index is 0.0154. The first-order valence-corrected chi connectivity index (χ1v) is 19.5. The predicted molar refractivity (Wildman–Crippen MR) is 212 cm³/mol. The van der Waals surface area contributed by atoms with Gasteiger partial charge in [0.2, 0.25) is 23.6 Å². The largest absolute Gasteiger partial charge is 0.496 e. The number of rotatable bonds is 22. The van der Waals surface area contributed by atoms with E-state index < -0.39 is 54.2 Å². The summed E-state index contributed by atoms with van der Waals surface area (Å²) in [4.78, 5) is 72.0. The van der Waals surface area contributed by atoms with Crippen LogP contribution in [0.2, 0.25) is 0 Å². The Bertz CT molecular complexity index is 1420. The maximum absolute atomic E-state index is 14.4. The molecule has 0 unspecified atom stereocenters. The van der Waals surface area contributed by atoms with Gasteiger partial charge in [0.25, 0.3) is 0 Å². The number of nitrogens with one attached hydrogen (secondary N) is 3. The maximum Gasteiger partial charge on any atom is 0.245 e. The molecule has 1 aliphatic rings. The van der Waals surface area contributed by atoms with Gasteiger partial charge in [-0.15, -0.1) is 0 Å². The maximum atomic E-state index is 14.4. The highest BCUT2D eigenvalue weighted by Gasteiger charge is 2.46. The lowest BCUT2D eigenvalue weighted by atomic mass is 9.89. The zero-order valence-corrected chi connectivity index (χ0v) is 35.6. The SMILES string of the molecule is CC[C@H](C)[C@@H]([C@@H](CC(=O)N1C[C@H](OC)C[C@@H]1[C@H](OC)[C@@H](C)C(=O)N[C@H](C)C(=O)c1ccccc1OC)OC)N(C)C(=O)[C@@H](NC(=O)[C@@H](NC)C(C)C)C(C)C. The fourth-order valence-electron chi connectivity index (χ4n) is 7.69. The van der Waals surface area contributed by atoms with Crippen LogP contribution in [0, 0.1) is 23.7 Å². The summed E-state index contributed by atoms with van der Waals surface area (Å²) in [5, 5.41) is 8.85. The molecule has 2 rings (SSSR count). The minimum Gasteiger partial charge on any atom is -0.496 e. The van der Waals surface area contributed by atoms with E-state index in [1.807, 2.05) is 41.5 Å². The highest BCUT2D eigenvalue weighted by molar-refractivity contribution is 6.03. The average Bonchev–Trinajstić information content (AvgIpc) is 3.60. The molecule has 55 heavy (non-hydrogen) atoms. The number of ketones is 1. The van der Waals surface area contributed by atoms with E-state index in [4.69, 9.17) is 18.9 Å². The van der Waals surface area contributed by atoms with Crippen molar-refractivity contribution in [3.63, 3.8) is 0 Å². The van der Waals surface area contributed by atoms with Crippen LogP contribution in [0.4, 0.5) is 0 Å². The van der Waals surface area contributed by atoms with E-state index in [0.29, 0.717) is 24.2 Å². The van der Waals surface area contributed by atoms with Crippen LogP contribution in [-0.4, -0.2) is 137 Å². The van der Waals surface area contributed by atoms with Gasteiger partial charge in [-0.2, -0.15) is 0 Å². The van der Waals surface area contributed by atoms with E-state index >= 15 is 0 Å². The zero-order chi connectivity index (χ0) is 41.7. The molecule has 4 amide bonds. The van der Waals surface area contributed by atoms with Gasteiger partial charge in [0, 0.05) is 34.9 Å². The summed E-state index contributed by atoms with van der Waals surface area (Å²) in [5.41, 5.74) is 0.359. The number of benzene rings is 1. The van der Waals surface area contributed by atoms with E-state index in [0.717, 1.165) is 0 Å². The number of carbonyl (C=O) groups is 5. The van der Waals surface area contributed by atoms with Gasteiger partial charge in [-0.1, -0.05) is 67.0 Å². The third kappa shape index (κ3) is 12.0. The molecule has 14 heteroatoms. The van der Waals surface area contributed by atoms with Gasteiger partial charge >= 0.3 is 0 Å². The number of amides is 4. The molecular formula is C41H69N5O9. The second kappa shape index (κ2) is 22.2. The Morgan fingerprint density at radius 2 is 1.49 bits per heavy atom. The van der Waals surface area contributed by atoms with Crippen LogP contribution in [0.15, 0.2) is 24.3 Å². The van der Waals surface area contributed by atoms with Crippen LogP contribution < -0.4 is 20.7 Å². The Kier molecular flexibility index (Phi) is 19.2. The molecule has 0 aromatic heterocycles. The Morgan fingerprint density at radius 3 is 2.00 bits per heavy atom. The summed E-state index contributed by atoms with van der Waals surface area (Å²) in [6.07, 6.45) is -0.628. The molecule has 1 aliphatic heterocycles. The second-order valence-corrected chi connectivity index (χ2v) is 15.5. The van der Waals surface area contributed by atoms with Gasteiger partial charge in [0.05, 0.1) is 67.5 Å². The average molecular weight is 776 g/mol. The molecule has 0 saturated carbocycles. The van der Waals surface area contributed by atoms with Crippen molar-refractivity contribution < 1.29 is 42.9 Å². The number of likely N-dealkylation sites (N-methyl/N-ethyl adjacent to an activating group) is 2. The molecule has 0 radical (unpaired) electrons. The molecule has 0 spiro atoms. The van der Waals surface area contributed by atoms with Gasteiger partial charge in [0.1, 0.15) is 11.8 Å². The van der Waals surface area contributed by atoms with Crippen molar-refractivity contribution in [1.29, 1.82) is 0 Å². The molecule has 0 aliphatic carbocycles. The molecule has 14 nitrogen and oxygen atoms in total. The molecule has 312 valence electrons. The standard InChI is InChI=1S/C41H69N5O9/c1-15-25(6)36(45(10)41(51)35(24(4)5)44-40(50)34(42-9)23(2)3)32(54-13)21-33(47)46-22-28(52-11)20-30(46)38(55-14)26(7)39(49)43-27(8)37(48)29-18-16-17-19-31(29)53-12/h16-19,23-28,30,32,34-36,38,42H,15,20-22H2,1-14H3,(H,43,49)(H,44,50)/t25-,26+,27+,28+,30+,32+,34-,35-,36-,38+/m0/s1. The lowest BCUT2D eigenvalue weighted by molar-refractivity contribution is -0.148. The first-order chi connectivity index (χ1) is 25.9. The highest BCUT2D eigenvalue weighted by Crippen LogP contribution is 2.31. The van der Waals surface area contributed by atoms with Gasteiger partial charge < -0.3 is 44.7 Å². The molecule has 1 aromatic rings. The van der Waals surface area contributed by atoms with Crippen molar-refractivity contribution in [2.75, 3.05) is 49.1 Å². The quantitative estimate of drug-likeness (QED) is 0.149. The van der Waals surface area contributed by atoms with Crippen molar-refractivity contribution >= 4 is 29.4 Å². The third-order valence-corrected chi connectivity index (χ3v) is 11.2. The molecule has 10 atom stereocenters. The first kappa shape index (κ1) is 47.6. The normalized spacial score (nSPS) is 20.2. The summed E-state index contributed by atoms with van der Waals surface area (Å²) in [6.45, 7) is 15.3.